The van der Waals surface area contributed by atoms with Crippen LogP contribution in [0.3, 0.4) is 0 Å². The standard InChI is InChI=1S/C10H10BrClOS/c1-6(13)10(11)8-4-3-7(14-2)5-9(8)12/h3-5,10H,1-2H3. The molecule has 1 aromatic carbocycles. The van der Waals surface area contributed by atoms with Crippen LogP contribution in [-0.2, 0) is 4.79 Å². The van der Waals surface area contributed by atoms with E-state index in [0.29, 0.717) is 5.02 Å². The van der Waals surface area contributed by atoms with Gasteiger partial charge in [0.2, 0.25) is 0 Å². The lowest BCUT2D eigenvalue weighted by molar-refractivity contribution is -0.116. The highest BCUT2D eigenvalue weighted by Gasteiger charge is 2.15. The summed E-state index contributed by atoms with van der Waals surface area (Å²) >= 11 is 11.0. The number of alkyl halides is 1. The highest BCUT2D eigenvalue weighted by Crippen LogP contribution is 2.32. The van der Waals surface area contributed by atoms with Crippen molar-refractivity contribution in [3.8, 4) is 0 Å². The molecule has 76 valence electrons. The molecule has 1 aromatic rings. The number of hydrogen-bond donors (Lipinski definition) is 0. The zero-order valence-electron chi connectivity index (χ0n) is 7.88. The summed E-state index contributed by atoms with van der Waals surface area (Å²) in [6.07, 6.45) is 1.99. The molecule has 0 heterocycles. The number of ketones is 1. The van der Waals surface area contributed by atoms with E-state index in [9.17, 15) is 4.79 Å². The molecule has 0 N–H and O–H groups in total. The van der Waals surface area contributed by atoms with Crippen molar-refractivity contribution in [2.75, 3.05) is 6.26 Å². The Labute approximate surface area is 101 Å². The van der Waals surface area contributed by atoms with Crippen LogP contribution < -0.4 is 0 Å². The second kappa shape index (κ2) is 5.19. The van der Waals surface area contributed by atoms with Crippen molar-refractivity contribution in [3.05, 3.63) is 28.8 Å². The number of hydrogen-bond acceptors (Lipinski definition) is 2. The van der Waals surface area contributed by atoms with Crippen LogP contribution in [0.1, 0.15) is 17.3 Å². The molecule has 0 amide bonds. The molecule has 4 heteroatoms. The van der Waals surface area contributed by atoms with E-state index in [2.05, 4.69) is 15.9 Å². The first-order valence-electron chi connectivity index (χ1n) is 4.04. The summed E-state index contributed by atoms with van der Waals surface area (Å²) in [6, 6.07) is 5.72. The van der Waals surface area contributed by atoms with Gasteiger partial charge in [0.05, 0.1) is 4.83 Å². The first kappa shape index (κ1) is 12.1. The molecular formula is C10H10BrClOS. The van der Waals surface area contributed by atoms with Gasteiger partial charge in [-0.1, -0.05) is 33.6 Å². The van der Waals surface area contributed by atoms with Crippen LogP contribution in [0.4, 0.5) is 0 Å². The summed E-state index contributed by atoms with van der Waals surface area (Å²) in [5.74, 6) is 0.0591. The Balaban J connectivity index is 3.05. The second-order valence-electron chi connectivity index (χ2n) is 2.86. The number of thioether (sulfide) groups is 1. The molecule has 14 heavy (non-hydrogen) atoms. The number of halogens is 2. The summed E-state index contributed by atoms with van der Waals surface area (Å²) in [6.45, 7) is 1.54. The lowest BCUT2D eigenvalue weighted by atomic mass is 10.1. The fourth-order valence-corrected chi connectivity index (χ4v) is 2.38. The molecule has 1 unspecified atom stereocenters. The predicted molar refractivity (Wildman–Crippen MR) is 65.6 cm³/mol. The Morgan fingerprint density at radius 2 is 2.21 bits per heavy atom. The van der Waals surface area contributed by atoms with Crippen LogP contribution in [-0.4, -0.2) is 12.0 Å². The van der Waals surface area contributed by atoms with Gasteiger partial charge in [0.15, 0.2) is 0 Å². The molecular weight excluding hydrogens is 284 g/mol. The first-order valence-corrected chi connectivity index (χ1v) is 6.56. The summed E-state index contributed by atoms with van der Waals surface area (Å²) in [5, 5.41) is 0.633. The Morgan fingerprint density at radius 1 is 1.57 bits per heavy atom. The van der Waals surface area contributed by atoms with Crippen LogP contribution in [0.25, 0.3) is 0 Å². The molecule has 0 saturated carbocycles. The molecule has 0 aliphatic carbocycles. The fourth-order valence-electron chi connectivity index (χ4n) is 1.06. The summed E-state index contributed by atoms with van der Waals surface area (Å²) < 4.78 is 0. The minimum Gasteiger partial charge on any atom is -0.298 e. The minimum absolute atomic E-state index is 0.0591. The normalized spacial score (nSPS) is 12.6. The van der Waals surface area contributed by atoms with E-state index in [-0.39, 0.29) is 10.6 Å². The Hall–Kier alpha value is 0.01000. The van der Waals surface area contributed by atoms with E-state index in [0.717, 1.165) is 10.5 Å². The third-order valence-electron chi connectivity index (χ3n) is 1.84. The Morgan fingerprint density at radius 3 is 2.64 bits per heavy atom. The lowest BCUT2D eigenvalue weighted by Crippen LogP contribution is -2.01. The topological polar surface area (TPSA) is 17.1 Å². The molecule has 0 aliphatic heterocycles. The van der Waals surface area contributed by atoms with E-state index in [1.807, 2.05) is 24.5 Å². The van der Waals surface area contributed by atoms with Gasteiger partial charge in [-0.2, -0.15) is 0 Å². The molecule has 0 aromatic heterocycles. The van der Waals surface area contributed by atoms with Crippen molar-refractivity contribution in [1.82, 2.24) is 0 Å². The van der Waals surface area contributed by atoms with Gasteiger partial charge >= 0.3 is 0 Å². The van der Waals surface area contributed by atoms with Crippen LogP contribution >= 0.6 is 39.3 Å². The van der Waals surface area contributed by atoms with Gasteiger partial charge in [-0.3, -0.25) is 4.79 Å². The molecule has 1 rings (SSSR count). The number of carbonyl (C=O) groups is 1. The smallest absolute Gasteiger partial charge is 0.147 e. The molecule has 0 saturated heterocycles. The quantitative estimate of drug-likeness (QED) is 0.617. The van der Waals surface area contributed by atoms with Gasteiger partial charge in [-0.25, -0.2) is 0 Å². The zero-order chi connectivity index (χ0) is 10.7. The number of benzene rings is 1. The monoisotopic (exact) mass is 292 g/mol. The summed E-state index contributed by atoms with van der Waals surface area (Å²) in [5.41, 5.74) is 0.831. The van der Waals surface area contributed by atoms with Crippen molar-refractivity contribution < 1.29 is 4.79 Å². The van der Waals surface area contributed by atoms with Crippen molar-refractivity contribution in [1.29, 1.82) is 0 Å². The molecule has 0 aliphatic rings. The molecule has 0 radical (unpaired) electrons. The molecule has 1 atom stereocenters. The number of Topliss-reactive ketones (excluding diaryl/α,β-unsaturated/α-hetero) is 1. The van der Waals surface area contributed by atoms with Crippen LogP contribution in [0, 0.1) is 0 Å². The summed E-state index contributed by atoms with van der Waals surface area (Å²) in [4.78, 5) is 11.9. The average Bonchev–Trinajstić information content (AvgIpc) is 2.16. The van der Waals surface area contributed by atoms with E-state index < -0.39 is 0 Å². The van der Waals surface area contributed by atoms with Gasteiger partial charge in [-0.15, -0.1) is 11.8 Å². The van der Waals surface area contributed by atoms with Gasteiger partial charge in [-0.05, 0) is 30.9 Å². The second-order valence-corrected chi connectivity index (χ2v) is 5.06. The van der Waals surface area contributed by atoms with Crippen molar-refractivity contribution >= 4 is 45.1 Å². The van der Waals surface area contributed by atoms with Gasteiger partial charge in [0.25, 0.3) is 0 Å². The van der Waals surface area contributed by atoms with Gasteiger partial charge < -0.3 is 0 Å². The predicted octanol–water partition coefficient (Wildman–Crippen LogP) is 4.09. The van der Waals surface area contributed by atoms with E-state index in [4.69, 9.17) is 11.6 Å². The third-order valence-corrected chi connectivity index (χ3v) is 4.03. The van der Waals surface area contributed by atoms with Crippen molar-refractivity contribution in [3.63, 3.8) is 0 Å². The maximum absolute atomic E-state index is 11.1. The highest BCUT2D eigenvalue weighted by molar-refractivity contribution is 9.09. The first-order chi connectivity index (χ1) is 6.56. The largest absolute Gasteiger partial charge is 0.298 e. The maximum atomic E-state index is 11.1. The van der Waals surface area contributed by atoms with E-state index in [1.54, 1.807) is 11.8 Å². The third kappa shape index (κ3) is 2.75. The van der Waals surface area contributed by atoms with Gasteiger partial charge in [0.1, 0.15) is 5.78 Å². The van der Waals surface area contributed by atoms with Crippen molar-refractivity contribution in [2.45, 2.75) is 16.6 Å². The SMILES string of the molecule is CSc1ccc(C(Br)C(C)=O)c(Cl)c1. The Kier molecular flexibility index (Phi) is 4.48. The molecule has 1 nitrogen and oxygen atoms in total. The van der Waals surface area contributed by atoms with E-state index >= 15 is 0 Å². The maximum Gasteiger partial charge on any atom is 0.147 e. The van der Waals surface area contributed by atoms with Crippen molar-refractivity contribution in [2.24, 2.45) is 0 Å². The van der Waals surface area contributed by atoms with Gasteiger partial charge in [0, 0.05) is 9.92 Å². The Bertz CT molecular complexity index is 354. The molecule has 0 fully saturated rings. The summed E-state index contributed by atoms with van der Waals surface area (Å²) in [7, 11) is 0. The highest BCUT2D eigenvalue weighted by atomic mass is 79.9. The van der Waals surface area contributed by atoms with Crippen LogP contribution in [0.2, 0.25) is 5.02 Å². The lowest BCUT2D eigenvalue weighted by Gasteiger charge is -2.09. The number of rotatable bonds is 3. The van der Waals surface area contributed by atoms with Crippen LogP contribution in [0.5, 0.6) is 0 Å². The fraction of sp³-hybridized carbons (Fsp3) is 0.300. The number of carbonyl (C=O) groups excluding carboxylic acids is 1. The zero-order valence-corrected chi connectivity index (χ0v) is 11.0. The minimum atomic E-state index is -0.300. The average molecular weight is 294 g/mol. The van der Waals surface area contributed by atoms with Crippen LogP contribution in [0.15, 0.2) is 23.1 Å². The van der Waals surface area contributed by atoms with E-state index in [1.165, 1.54) is 6.92 Å². The molecule has 0 spiro atoms. The molecule has 0 bridgehead atoms.